The first-order valence-corrected chi connectivity index (χ1v) is 7.30. The fourth-order valence-corrected chi connectivity index (χ4v) is 2.84. The normalized spacial score (nSPS) is 12.4. The van der Waals surface area contributed by atoms with Crippen LogP contribution in [0.5, 0.6) is 0 Å². The van der Waals surface area contributed by atoms with Gasteiger partial charge < -0.3 is 0 Å². The average molecular weight is 309 g/mol. The number of halogens is 2. The Labute approximate surface area is 129 Å². The molecule has 0 saturated heterocycles. The minimum atomic E-state index is 0.0919. The molecule has 0 heterocycles. The van der Waals surface area contributed by atoms with Gasteiger partial charge in [0.2, 0.25) is 0 Å². The highest BCUT2D eigenvalue weighted by Crippen LogP contribution is 2.26. The van der Waals surface area contributed by atoms with Gasteiger partial charge in [0, 0.05) is 16.1 Å². The molecule has 0 amide bonds. The Morgan fingerprint density at radius 2 is 1.70 bits per heavy atom. The maximum absolute atomic E-state index is 6.21. The molecule has 0 radical (unpaired) electrons. The molecular formula is C16H18Cl2N2. The molecule has 0 saturated carbocycles. The van der Waals surface area contributed by atoms with Crippen molar-refractivity contribution >= 4 is 23.2 Å². The molecule has 0 fully saturated rings. The van der Waals surface area contributed by atoms with Crippen molar-refractivity contribution in [3.8, 4) is 0 Å². The monoisotopic (exact) mass is 308 g/mol. The first-order valence-electron chi connectivity index (χ1n) is 6.54. The van der Waals surface area contributed by atoms with Gasteiger partial charge in [0.15, 0.2) is 0 Å². The first-order chi connectivity index (χ1) is 9.60. The van der Waals surface area contributed by atoms with Gasteiger partial charge in [-0.05, 0) is 43.0 Å². The molecule has 2 aromatic carbocycles. The van der Waals surface area contributed by atoms with Crippen molar-refractivity contribution in [3.63, 3.8) is 0 Å². The highest BCUT2D eigenvalue weighted by molar-refractivity contribution is 6.36. The number of nitrogens with two attached hydrogens (primary N) is 1. The van der Waals surface area contributed by atoms with Crippen LogP contribution in [0, 0.1) is 6.92 Å². The van der Waals surface area contributed by atoms with Crippen molar-refractivity contribution in [2.45, 2.75) is 25.8 Å². The summed E-state index contributed by atoms with van der Waals surface area (Å²) in [5.74, 6) is 5.67. The summed E-state index contributed by atoms with van der Waals surface area (Å²) >= 11 is 12.4. The van der Waals surface area contributed by atoms with Crippen molar-refractivity contribution in [2.24, 2.45) is 5.84 Å². The second-order valence-electron chi connectivity index (χ2n) is 4.96. The van der Waals surface area contributed by atoms with Gasteiger partial charge in [-0.3, -0.25) is 11.3 Å². The summed E-state index contributed by atoms with van der Waals surface area (Å²) in [5, 5.41) is 1.36. The molecule has 1 unspecified atom stereocenters. The van der Waals surface area contributed by atoms with Crippen LogP contribution < -0.4 is 11.3 Å². The van der Waals surface area contributed by atoms with Crippen LogP contribution in [0.25, 0.3) is 0 Å². The van der Waals surface area contributed by atoms with Crippen LogP contribution in [0.1, 0.15) is 16.7 Å². The van der Waals surface area contributed by atoms with Crippen LogP contribution in [-0.2, 0) is 12.8 Å². The number of rotatable bonds is 5. The SMILES string of the molecule is Cc1cccc(CC(Cc2c(Cl)cccc2Cl)NN)c1. The van der Waals surface area contributed by atoms with Crippen LogP contribution in [-0.4, -0.2) is 6.04 Å². The third kappa shape index (κ3) is 3.97. The lowest BCUT2D eigenvalue weighted by Crippen LogP contribution is -2.38. The smallest absolute Gasteiger partial charge is 0.0453 e. The van der Waals surface area contributed by atoms with Crippen molar-refractivity contribution < 1.29 is 0 Å². The molecule has 2 aromatic rings. The van der Waals surface area contributed by atoms with Gasteiger partial charge in [-0.25, -0.2) is 0 Å². The Kier molecular flexibility index (Phi) is 5.44. The van der Waals surface area contributed by atoms with Crippen LogP contribution in [0.15, 0.2) is 42.5 Å². The lowest BCUT2D eigenvalue weighted by atomic mass is 9.98. The highest BCUT2D eigenvalue weighted by atomic mass is 35.5. The number of hydrogen-bond donors (Lipinski definition) is 2. The molecule has 106 valence electrons. The molecule has 2 rings (SSSR count). The number of nitrogens with one attached hydrogen (secondary N) is 1. The van der Waals surface area contributed by atoms with Crippen molar-refractivity contribution in [3.05, 3.63) is 69.2 Å². The zero-order valence-electron chi connectivity index (χ0n) is 11.4. The van der Waals surface area contributed by atoms with E-state index in [4.69, 9.17) is 29.0 Å². The summed E-state index contributed by atoms with van der Waals surface area (Å²) in [5.41, 5.74) is 6.28. The Hall–Kier alpha value is -1.06. The van der Waals surface area contributed by atoms with Gasteiger partial charge in [-0.1, -0.05) is 59.1 Å². The van der Waals surface area contributed by atoms with Crippen LogP contribution in [0.3, 0.4) is 0 Å². The van der Waals surface area contributed by atoms with Crippen molar-refractivity contribution in [1.82, 2.24) is 5.43 Å². The van der Waals surface area contributed by atoms with Crippen LogP contribution in [0.4, 0.5) is 0 Å². The Bertz CT molecular complexity index is 564. The van der Waals surface area contributed by atoms with E-state index in [9.17, 15) is 0 Å². The second-order valence-corrected chi connectivity index (χ2v) is 5.78. The largest absolute Gasteiger partial charge is 0.271 e. The molecular weight excluding hydrogens is 291 g/mol. The number of hydrogen-bond acceptors (Lipinski definition) is 2. The van der Waals surface area contributed by atoms with E-state index in [1.807, 2.05) is 18.2 Å². The van der Waals surface area contributed by atoms with Gasteiger partial charge >= 0.3 is 0 Å². The third-order valence-corrected chi connectivity index (χ3v) is 4.02. The predicted octanol–water partition coefficient (Wildman–Crippen LogP) is 3.92. The lowest BCUT2D eigenvalue weighted by molar-refractivity contribution is 0.522. The average Bonchev–Trinajstić information content (AvgIpc) is 2.42. The number of aryl methyl sites for hydroxylation is 1. The first kappa shape index (κ1) is 15.3. The lowest BCUT2D eigenvalue weighted by Gasteiger charge is -2.18. The fourth-order valence-electron chi connectivity index (χ4n) is 2.29. The maximum Gasteiger partial charge on any atom is 0.0453 e. The molecule has 1 atom stereocenters. The molecule has 4 heteroatoms. The van der Waals surface area contributed by atoms with Crippen molar-refractivity contribution in [1.29, 1.82) is 0 Å². The van der Waals surface area contributed by atoms with E-state index in [-0.39, 0.29) is 6.04 Å². The maximum atomic E-state index is 6.21. The summed E-state index contributed by atoms with van der Waals surface area (Å²) in [6, 6.07) is 14.0. The van der Waals surface area contributed by atoms with Gasteiger partial charge in [0.05, 0.1) is 0 Å². The third-order valence-electron chi connectivity index (χ3n) is 3.31. The topological polar surface area (TPSA) is 38.0 Å². The molecule has 3 N–H and O–H groups in total. The summed E-state index contributed by atoms with van der Waals surface area (Å²) in [7, 11) is 0. The van der Waals surface area contributed by atoms with Crippen molar-refractivity contribution in [2.75, 3.05) is 0 Å². The van der Waals surface area contributed by atoms with E-state index in [2.05, 4.69) is 36.6 Å². The molecule has 2 nitrogen and oxygen atoms in total. The minimum absolute atomic E-state index is 0.0919. The van der Waals surface area contributed by atoms with E-state index >= 15 is 0 Å². The van der Waals surface area contributed by atoms with Crippen LogP contribution >= 0.6 is 23.2 Å². The van der Waals surface area contributed by atoms with Gasteiger partial charge in [0.25, 0.3) is 0 Å². The van der Waals surface area contributed by atoms with E-state index in [1.165, 1.54) is 11.1 Å². The highest BCUT2D eigenvalue weighted by Gasteiger charge is 2.13. The zero-order valence-corrected chi connectivity index (χ0v) is 12.9. The minimum Gasteiger partial charge on any atom is -0.271 e. The summed E-state index contributed by atoms with van der Waals surface area (Å²) in [6.07, 6.45) is 1.53. The summed E-state index contributed by atoms with van der Waals surface area (Å²) in [4.78, 5) is 0. The number of benzene rings is 2. The standard InChI is InChI=1S/C16H18Cl2N2/c1-11-4-2-5-12(8-11)9-13(20-19)10-14-15(17)6-3-7-16(14)18/h2-8,13,20H,9-10,19H2,1H3. The molecule has 20 heavy (non-hydrogen) atoms. The van der Waals surface area contributed by atoms with Gasteiger partial charge in [-0.2, -0.15) is 0 Å². The van der Waals surface area contributed by atoms with E-state index in [0.29, 0.717) is 16.5 Å². The Balaban J connectivity index is 2.13. The van der Waals surface area contributed by atoms with Gasteiger partial charge in [-0.15, -0.1) is 0 Å². The van der Waals surface area contributed by atoms with E-state index in [0.717, 1.165) is 12.0 Å². The predicted molar refractivity (Wildman–Crippen MR) is 86.2 cm³/mol. The fraction of sp³-hybridized carbons (Fsp3) is 0.250. The second kappa shape index (κ2) is 7.09. The Morgan fingerprint density at radius 3 is 2.30 bits per heavy atom. The van der Waals surface area contributed by atoms with Gasteiger partial charge in [0.1, 0.15) is 0 Å². The Morgan fingerprint density at radius 1 is 1.05 bits per heavy atom. The molecule has 0 aliphatic rings. The summed E-state index contributed by atoms with van der Waals surface area (Å²) in [6.45, 7) is 2.08. The zero-order chi connectivity index (χ0) is 14.5. The molecule has 0 aromatic heterocycles. The number of hydrazine groups is 1. The molecule has 0 bridgehead atoms. The van der Waals surface area contributed by atoms with Crippen LogP contribution in [0.2, 0.25) is 10.0 Å². The van der Waals surface area contributed by atoms with E-state index in [1.54, 1.807) is 0 Å². The van der Waals surface area contributed by atoms with E-state index < -0.39 is 0 Å². The quantitative estimate of drug-likeness (QED) is 0.649. The molecule has 0 aliphatic heterocycles. The summed E-state index contributed by atoms with van der Waals surface area (Å²) < 4.78 is 0. The molecule has 0 aliphatic carbocycles. The molecule has 0 spiro atoms.